The van der Waals surface area contributed by atoms with Crippen molar-refractivity contribution in [2.24, 2.45) is 0 Å². The first kappa shape index (κ1) is 12.8. The molecule has 2 aromatic rings. The molecule has 1 amide bonds. The van der Waals surface area contributed by atoms with Crippen molar-refractivity contribution in [1.29, 1.82) is 0 Å². The lowest BCUT2D eigenvalue weighted by molar-refractivity contribution is 0.102. The molecule has 0 fully saturated rings. The molecule has 18 heavy (non-hydrogen) atoms. The number of anilines is 1. The molecule has 0 bridgehead atoms. The number of pyridine rings is 1. The predicted molar refractivity (Wildman–Crippen MR) is 72.5 cm³/mol. The highest BCUT2D eigenvalue weighted by Gasteiger charge is 2.13. The van der Waals surface area contributed by atoms with Gasteiger partial charge < -0.3 is 5.32 Å². The molecule has 0 aromatic carbocycles. The molecule has 0 atom stereocenters. The Labute approximate surface area is 113 Å². The number of aryl methyl sites for hydroxylation is 2. The second kappa shape index (κ2) is 5.30. The minimum atomic E-state index is -0.193. The van der Waals surface area contributed by atoms with E-state index in [9.17, 15) is 4.79 Å². The average Bonchev–Trinajstić information content (AvgIpc) is 2.73. The standard InChI is InChI=1S/C12H13BrN4O/c1-3-17-7-10(8(2)16-17)12(18)15-11-5-4-9(13)6-14-11/h4-7H,3H2,1-2H3,(H,14,15,18). The van der Waals surface area contributed by atoms with Gasteiger partial charge >= 0.3 is 0 Å². The molecule has 2 rings (SSSR count). The van der Waals surface area contributed by atoms with Gasteiger partial charge in [-0.05, 0) is 41.9 Å². The van der Waals surface area contributed by atoms with Gasteiger partial charge in [-0.1, -0.05) is 0 Å². The van der Waals surface area contributed by atoms with E-state index >= 15 is 0 Å². The minimum absolute atomic E-state index is 0.193. The zero-order valence-electron chi connectivity index (χ0n) is 10.1. The molecule has 0 aliphatic rings. The number of rotatable bonds is 3. The molecule has 0 saturated heterocycles. The lowest BCUT2D eigenvalue weighted by atomic mass is 10.2. The first-order valence-electron chi connectivity index (χ1n) is 5.57. The van der Waals surface area contributed by atoms with Gasteiger partial charge in [-0.15, -0.1) is 0 Å². The van der Waals surface area contributed by atoms with Crippen molar-refractivity contribution < 1.29 is 4.79 Å². The number of amides is 1. The summed E-state index contributed by atoms with van der Waals surface area (Å²) >= 11 is 3.29. The number of aromatic nitrogens is 3. The zero-order chi connectivity index (χ0) is 13.1. The first-order chi connectivity index (χ1) is 8.60. The molecular formula is C12H13BrN4O. The Morgan fingerprint density at radius 2 is 2.28 bits per heavy atom. The van der Waals surface area contributed by atoms with Gasteiger partial charge in [0.25, 0.3) is 5.91 Å². The van der Waals surface area contributed by atoms with E-state index in [1.54, 1.807) is 23.1 Å². The van der Waals surface area contributed by atoms with Crippen molar-refractivity contribution >= 4 is 27.7 Å². The summed E-state index contributed by atoms with van der Waals surface area (Å²) in [7, 11) is 0. The fraction of sp³-hybridized carbons (Fsp3) is 0.250. The first-order valence-corrected chi connectivity index (χ1v) is 6.36. The third-order valence-corrected chi connectivity index (χ3v) is 2.95. The van der Waals surface area contributed by atoms with Crippen molar-refractivity contribution in [1.82, 2.24) is 14.8 Å². The maximum atomic E-state index is 12.0. The fourth-order valence-corrected chi connectivity index (χ4v) is 1.77. The molecule has 0 radical (unpaired) electrons. The topological polar surface area (TPSA) is 59.8 Å². The molecule has 2 aromatic heterocycles. The van der Waals surface area contributed by atoms with Crippen LogP contribution < -0.4 is 5.32 Å². The number of carbonyl (C=O) groups is 1. The molecule has 0 aliphatic carbocycles. The summed E-state index contributed by atoms with van der Waals surface area (Å²) in [4.78, 5) is 16.1. The Bertz CT molecular complexity index is 562. The van der Waals surface area contributed by atoms with Crippen LogP contribution in [0.2, 0.25) is 0 Å². The highest BCUT2D eigenvalue weighted by molar-refractivity contribution is 9.10. The van der Waals surface area contributed by atoms with Crippen LogP contribution in [0.4, 0.5) is 5.82 Å². The van der Waals surface area contributed by atoms with Crippen LogP contribution in [-0.4, -0.2) is 20.7 Å². The van der Waals surface area contributed by atoms with E-state index in [-0.39, 0.29) is 5.91 Å². The largest absolute Gasteiger partial charge is 0.306 e. The normalized spacial score (nSPS) is 10.4. The molecule has 0 aliphatic heterocycles. The van der Waals surface area contributed by atoms with Crippen molar-refractivity contribution in [3.8, 4) is 0 Å². The summed E-state index contributed by atoms with van der Waals surface area (Å²) in [5, 5.41) is 6.97. The molecular weight excluding hydrogens is 296 g/mol. The Balaban J connectivity index is 2.16. The lowest BCUT2D eigenvalue weighted by Crippen LogP contribution is -2.13. The molecule has 0 spiro atoms. The van der Waals surface area contributed by atoms with E-state index < -0.39 is 0 Å². The van der Waals surface area contributed by atoms with Gasteiger partial charge in [0, 0.05) is 23.4 Å². The third-order valence-electron chi connectivity index (χ3n) is 2.48. The molecule has 1 N–H and O–H groups in total. The molecule has 2 heterocycles. The lowest BCUT2D eigenvalue weighted by Gasteiger charge is -2.02. The number of hydrogen-bond acceptors (Lipinski definition) is 3. The highest BCUT2D eigenvalue weighted by atomic mass is 79.9. The average molecular weight is 309 g/mol. The monoisotopic (exact) mass is 308 g/mol. The van der Waals surface area contributed by atoms with Crippen LogP contribution in [0.1, 0.15) is 23.0 Å². The molecule has 5 nitrogen and oxygen atoms in total. The SMILES string of the molecule is CCn1cc(C(=O)Nc2ccc(Br)cn2)c(C)n1. The molecule has 0 saturated carbocycles. The summed E-state index contributed by atoms with van der Waals surface area (Å²) in [6.45, 7) is 4.53. The number of nitrogens with zero attached hydrogens (tertiary/aromatic N) is 3. The second-order valence-corrected chi connectivity index (χ2v) is 4.72. The van der Waals surface area contributed by atoms with Crippen LogP contribution in [0.15, 0.2) is 29.0 Å². The third kappa shape index (κ3) is 2.76. The van der Waals surface area contributed by atoms with Crippen LogP contribution in [-0.2, 0) is 6.54 Å². The summed E-state index contributed by atoms with van der Waals surface area (Å²) in [5.41, 5.74) is 1.29. The quantitative estimate of drug-likeness (QED) is 0.948. The fourth-order valence-electron chi connectivity index (χ4n) is 1.54. The Kier molecular flexibility index (Phi) is 3.76. The number of carbonyl (C=O) groups excluding carboxylic acids is 1. The van der Waals surface area contributed by atoms with Crippen LogP contribution in [0.5, 0.6) is 0 Å². The molecule has 6 heteroatoms. The van der Waals surface area contributed by atoms with Gasteiger partial charge in [-0.25, -0.2) is 4.98 Å². The van der Waals surface area contributed by atoms with Gasteiger partial charge in [0.15, 0.2) is 0 Å². The van der Waals surface area contributed by atoms with Crippen LogP contribution in [0.25, 0.3) is 0 Å². The summed E-state index contributed by atoms with van der Waals surface area (Å²) < 4.78 is 2.61. The van der Waals surface area contributed by atoms with Crippen LogP contribution in [0, 0.1) is 6.92 Å². The van der Waals surface area contributed by atoms with Crippen molar-refractivity contribution in [2.45, 2.75) is 20.4 Å². The van der Waals surface area contributed by atoms with E-state index in [0.29, 0.717) is 17.1 Å². The molecule has 94 valence electrons. The summed E-state index contributed by atoms with van der Waals surface area (Å²) in [5.74, 6) is 0.328. The molecule has 0 unspecified atom stereocenters. The zero-order valence-corrected chi connectivity index (χ0v) is 11.7. The maximum Gasteiger partial charge on any atom is 0.260 e. The van der Waals surface area contributed by atoms with Gasteiger partial charge in [0.2, 0.25) is 0 Å². The van der Waals surface area contributed by atoms with Gasteiger partial charge in [0.1, 0.15) is 5.82 Å². The van der Waals surface area contributed by atoms with Gasteiger partial charge in [-0.2, -0.15) is 5.10 Å². The Hall–Kier alpha value is -1.69. The van der Waals surface area contributed by atoms with E-state index in [4.69, 9.17) is 0 Å². The summed E-state index contributed by atoms with van der Waals surface area (Å²) in [6, 6.07) is 3.56. The number of halogens is 1. The highest BCUT2D eigenvalue weighted by Crippen LogP contribution is 2.13. The van der Waals surface area contributed by atoms with Gasteiger partial charge in [-0.3, -0.25) is 9.48 Å². The Morgan fingerprint density at radius 1 is 1.50 bits per heavy atom. The van der Waals surface area contributed by atoms with Crippen molar-refractivity contribution in [2.75, 3.05) is 5.32 Å². The van der Waals surface area contributed by atoms with E-state index in [2.05, 4.69) is 31.3 Å². The van der Waals surface area contributed by atoms with Gasteiger partial charge in [0.05, 0.1) is 11.3 Å². The van der Waals surface area contributed by atoms with E-state index in [1.807, 2.05) is 19.9 Å². The minimum Gasteiger partial charge on any atom is -0.306 e. The van der Waals surface area contributed by atoms with Crippen LogP contribution >= 0.6 is 15.9 Å². The summed E-state index contributed by atoms with van der Waals surface area (Å²) in [6.07, 6.45) is 3.38. The second-order valence-electron chi connectivity index (χ2n) is 3.80. The Morgan fingerprint density at radius 3 is 2.83 bits per heavy atom. The predicted octanol–water partition coefficient (Wildman–Crippen LogP) is 2.62. The van der Waals surface area contributed by atoms with Crippen molar-refractivity contribution in [3.63, 3.8) is 0 Å². The van der Waals surface area contributed by atoms with E-state index in [1.165, 1.54) is 0 Å². The number of hydrogen-bond donors (Lipinski definition) is 1. The smallest absolute Gasteiger partial charge is 0.260 e. The number of nitrogens with one attached hydrogen (secondary N) is 1. The van der Waals surface area contributed by atoms with E-state index in [0.717, 1.165) is 11.0 Å². The maximum absolute atomic E-state index is 12.0. The van der Waals surface area contributed by atoms with Crippen molar-refractivity contribution in [3.05, 3.63) is 40.3 Å². The van der Waals surface area contributed by atoms with Crippen LogP contribution in [0.3, 0.4) is 0 Å².